The third kappa shape index (κ3) is 0.742. The molecule has 3 fully saturated rings. The van der Waals surface area contributed by atoms with Crippen LogP contribution in [0.1, 0.15) is 33.1 Å². The van der Waals surface area contributed by atoms with Crippen LogP contribution in [0.3, 0.4) is 0 Å². The first-order valence-corrected chi connectivity index (χ1v) is 4.71. The molecule has 0 aromatic heterocycles. The number of terminal acetylenes is 1. The Hall–Kier alpha value is -0.480. The summed E-state index contributed by atoms with van der Waals surface area (Å²) in [6.07, 6.45) is 8.42. The number of aliphatic hydroxyl groups is 1. The van der Waals surface area contributed by atoms with Crippen LogP contribution in [0.2, 0.25) is 0 Å². The molecule has 0 heterocycles. The molecule has 1 nitrogen and oxygen atoms in total. The minimum atomic E-state index is -0.793. The Kier molecular flexibility index (Phi) is 1.40. The van der Waals surface area contributed by atoms with Crippen LogP contribution >= 0.6 is 0 Å². The Labute approximate surface area is 74.2 Å². The van der Waals surface area contributed by atoms with Gasteiger partial charge in [-0.1, -0.05) is 19.8 Å². The monoisotopic (exact) mass is 164 g/mol. The molecule has 2 bridgehead atoms. The van der Waals surface area contributed by atoms with Crippen LogP contribution in [-0.4, -0.2) is 10.7 Å². The van der Waals surface area contributed by atoms with E-state index in [1.165, 1.54) is 0 Å². The third-order valence-electron chi connectivity index (χ3n) is 4.17. The molecule has 3 unspecified atom stereocenters. The quantitative estimate of drug-likeness (QED) is 0.541. The molecule has 0 radical (unpaired) electrons. The first kappa shape index (κ1) is 8.13. The summed E-state index contributed by atoms with van der Waals surface area (Å²) in [7, 11) is 0. The Balaban J connectivity index is 2.29. The molecule has 0 aromatic rings. The van der Waals surface area contributed by atoms with Crippen LogP contribution in [0.25, 0.3) is 0 Å². The van der Waals surface area contributed by atoms with Crippen molar-refractivity contribution in [3.05, 3.63) is 0 Å². The van der Waals surface area contributed by atoms with Crippen molar-refractivity contribution < 1.29 is 5.11 Å². The molecular formula is C11H16O. The van der Waals surface area contributed by atoms with E-state index in [2.05, 4.69) is 19.8 Å². The highest BCUT2D eigenvalue weighted by molar-refractivity contribution is 5.21. The second-order valence-electron chi connectivity index (χ2n) is 4.91. The van der Waals surface area contributed by atoms with Crippen molar-refractivity contribution in [3.8, 4) is 12.3 Å². The fourth-order valence-electron chi connectivity index (χ4n) is 3.06. The summed E-state index contributed by atoms with van der Waals surface area (Å²) in [5, 5.41) is 10.1. The molecule has 3 aliphatic rings. The minimum Gasteiger partial charge on any atom is -0.377 e. The number of hydrogen-bond acceptors (Lipinski definition) is 1. The summed E-state index contributed by atoms with van der Waals surface area (Å²) in [4.78, 5) is 0. The van der Waals surface area contributed by atoms with Gasteiger partial charge in [0.2, 0.25) is 0 Å². The maximum atomic E-state index is 10.1. The zero-order chi connectivity index (χ0) is 8.98. The van der Waals surface area contributed by atoms with Gasteiger partial charge in [0, 0.05) is 5.92 Å². The van der Waals surface area contributed by atoms with Gasteiger partial charge >= 0.3 is 0 Å². The predicted octanol–water partition coefficient (Wildman–Crippen LogP) is 1.81. The molecule has 1 N–H and O–H groups in total. The largest absolute Gasteiger partial charge is 0.377 e. The lowest BCUT2D eigenvalue weighted by Crippen LogP contribution is -2.60. The fraction of sp³-hybridized carbons (Fsp3) is 0.818. The van der Waals surface area contributed by atoms with Crippen LogP contribution in [0, 0.1) is 29.6 Å². The van der Waals surface area contributed by atoms with E-state index in [1.807, 2.05) is 0 Å². The Morgan fingerprint density at radius 3 is 2.50 bits per heavy atom. The molecule has 3 saturated carbocycles. The second-order valence-corrected chi connectivity index (χ2v) is 4.91. The van der Waals surface area contributed by atoms with E-state index >= 15 is 0 Å². The van der Waals surface area contributed by atoms with E-state index < -0.39 is 5.60 Å². The molecule has 3 rings (SSSR count). The highest BCUT2D eigenvalue weighted by atomic mass is 16.3. The van der Waals surface area contributed by atoms with E-state index in [0.29, 0.717) is 5.92 Å². The van der Waals surface area contributed by atoms with Gasteiger partial charge in [-0.05, 0) is 30.6 Å². The van der Waals surface area contributed by atoms with Crippen molar-refractivity contribution in [2.24, 2.45) is 17.3 Å². The van der Waals surface area contributed by atoms with Crippen LogP contribution in [-0.2, 0) is 0 Å². The van der Waals surface area contributed by atoms with Crippen LogP contribution in [0.4, 0.5) is 0 Å². The summed E-state index contributed by atoms with van der Waals surface area (Å²) in [6, 6.07) is 0. The van der Waals surface area contributed by atoms with Crippen LogP contribution < -0.4 is 0 Å². The van der Waals surface area contributed by atoms with Gasteiger partial charge in [0.05, 0.1) is 0 Å². The van der Waals surface area contributed by atoms with E-state index in [1.54, 1.807) is 0 Å². The zero-order valence-corrected chi connectivity index (χ0v) is 7.80. The Morgan fingerprint density at radius 2 is 2.17 bits per heavy atom. The number of rotatable bonds is 0. The molecule has 0 saturated heterocycles. The molecule has 0 aliphatic heterocycles. The smallest absolute Gasteiger partial charge is 0.128 e. The normalized spacial score (nSPS) is 49.2. The first-order chi connectivity index (χ1) is 5.50. The third-order valence-corrected chi connectivity index (χ3v) is 4.17. The van der Waals surface area contributed by atoms with Gasteiger partial charge in [-0.3, -0.25) is 0 Å². The lowest BCUT2D eigenvalue weighted by atomic mass is 9.44. The minimum absolute atomic E-state index is 0.277. The van der Waals surface area contributed by atoms with E-state index in [-0.39, 0.29) is 5.41 Å². The molecule has 1 heteroatoms. The Bertz CT molecular complexity index is 246. The van der Waals surface area contributed by atoms with Crippen molar-refractivity contribution >= 4 is 0 Å². The second kappa shape index (κ2) is 2.06. The van der Waals surface area contributed by atoms with Crippen LogP contribution in [0.5, 0.6) is 0 Å². The standard InChI is InChI=1S/C11H16O/c1-4-11(12)6-5-8-7-9(11)10(8,2)3/h1,8-9,12H,5-7H2,2-3H3. The van der Waals surface area contributed by atoms with Gasteiger partial charge in [0.15, 0.2) is 0 Å². The molecule has 3 aliphatic carbocycles. The van der Waals surface area contributed by atoms with Gasteiger partial charge < -0.3 is 5.11 Å². The summed E-state index contributed by atoms with van der Waals surface area (Å²) in [5.74, 6) is 3.72. The molecule has 0 aromatic carbocycles. The lowest BCUT2D eigenvalue weighted by molar-refractivity contribution is -0.173. The van der Waals surface area contributed by atoms with Gasteiger partial charge in [-0.2, -0.15) is 0 Å². The zero-order valence-electron chi connectivity index (χ0n) is 7.80. The average molecular weight is 164 g/mol. The molecule has 12 heavy (non-hydrogen) atoms. The number of hydrogen-bond donors (Lipinski definition) is 1. The molecular weight excluding hydrogens is 148 g/mol. The summed E-state index contributed by atoms with van der Waals surface area (Å²) in [6.45, 7) is 4.46. The van der Waals surface area contributed by atoms with Gasteiger partial charge in [-0.15, -0.1) is 6.42 Å². The van der Waals surface area contributed by atoms with Crippen molar-refractivity contribution in [1.82, 2.24) is 0 Å². The fourth-order valence-corrected chi connectivity index (χ4v) is 3.06. The highest BCUT2D eigenvalue weighted by Crippen LogP contribution is 2.62. The summed E-state index contributed by atoms with van der Waals surface area (Å²) in [5.41, 5.74) is -0.516. The Morgan fingerprint density at radius 1 is 1.50 bits per heavy atom. The molecule has 0 amide bonds. The maximum absolute atomic E-state index is 10.1. The summed E-state index contributed by atoms with van der Waals surface area (Å²) < 4.78 is 0. The van der Waals surface area contributed by atoms with Crippen LogP contribution in [0.15, 0.2) is 0 Å². The first-order valence-electron chi connectivity index (χ1n) is 4.71. The maximum Gasteiger partial charge on any atom is 0.128 e. The van der Waals surface area contributed by atoms with Crippen molar-refractivity contribution in [2.45, 2.75) is 38.7 Å². The van der Waals surface area contributed by atoms with Gasteiger partial charge in [0.1, 0.15) is 5.60 Å². The number of fused-ring (bicyclic) bond motifs is 2. The van der Waals surface area contributed by atoms with Crippen molar-refractivity contribution in [2.75, 3.05) is 0 Å². The molecule has 3 atom stereocenters. The van der Waals surface area contributed by atoms with Gasteiger partial charge in [0.25, 0.3) is 0 Å². The lowest BCUT2D eigenvalue weighted by Gasteiger charge is -2.61. The topological polar surface area (TPSA) is 20.2 Å². The highest BCUT2D eigenvalue weighted by Gasteiger charge is 2.60. The van der Waals surface area contributed by atoms with Crippen molar-refractivity contribution in [3.63, 3.8) is 0 Å². The average Bonchev–Trinajstić information content (AvgIpc) is 2.04. The van der Waals surface area contributed by atoms with Crippen molar-refractivity contribution in [1.29, 1.82) is 0 Å². The van der Waals surface area contributed by atoms with E-state index in [0.717, 1.165) is 25.2 Å². The predicted molar refractivity (Wildman–Crippen MR) is 48.4 cm³/mol. The summed E-state index contributed by atoms with van der Waals surface area (Å²) >= 11 is 0. The molecule has 0 spiro atoms. The van der Waals surface area contributed by atoms with E-state index in [4.69, 9.17) is 6.42 Å². The SMILES string of the molecule is C#CC1(O)CCC2CC1C2(C)C. The van der Waals surface area contributed by atoms with Gasteiger partial charge in [-0.25, -0.2) is 0 Å². The van der Waals surface area contributed by atoms with E-state index in [9.17, 15) is 5.11 Å². The molecule has 66 valence electrons.